The molecular formula is C13H17ClFN. The van der Waals surface area contributed by atoms with Gasteiger partial charge in [0.05, 0.1) is 5.02 Å². The Balaban J connectivity index is 2.32. The highest BCUT2D eigenvalue weighted by Gasteiger charge is 2.38. The standard InChI is InChI=1S/C13H17ClFN/c1-8(2)10-5-9(6-11(14)12(10)15)7-13(16)3-4-13/h5-6,8H,3-4,7,16H2,1-2H3. The van der Waals surface area contributed by atoms with Crippen LogP contribution in [0.1, 0.15) is 43.7 Å². The van der Waals surface area contributed by atoms with Crippen molar-refractivity contribution in [3.63, 3.8) is 0 Å². The minimum Gasteiger partial charge on any atom is -0.325 e. The lowest BCUT2D eigenvalue weighted by molar-refractivity contribution is 0.594. The molecule has 3 heteroatoms. The van der Waals surface area contributed by atoms with Crippen molar-refractivity contribution in [3.8, 4) is 0 Å². The normalized spacial score (nSPS) is 17.9. The van der Waals surface area contributed by atoms with Crippen molar-refractivity contribution in [1.29, 1.82) is 0 Å². The molecule has 0 heterocycles. The van der Waals surface area contributed by atoms with Crippen LogP contribution in [0.3, 0.4) is 0 Å². The van der Waals surface area contributed by atoms with Crippen LogP contribution in [0.15, 0.2) is 12.1 Å². The molecule has 1 aliphatic carbocycles. The molecule has 1 nitrogen and oxygen atoms in total. The Morgan fingerprint density at radius 3 is 2.56 bits per heavy atom. The smallest absolute Gasteiger partial charge is 0.145 e. The molecule has 0 atom stereocenters. The van der Waals surface area contributed by atoms with Gasteiger partial charge in [-0.25, -0.2) is 4.39 Å². The van der Waals surface area contributed by atoms with E-state index in [0.29, 0.717) is 5.56 Å². The van der Waals surface area contributed by atoms with Crippen LogP contribution in [0, 0.1) is 5.82 Å². The molecule has 1 saturated carbocycles. The predicted octanol–water partition coefficient (Wildman–Crippen LogP) is 3.64. The fourth-order valence-electron chi connectivity index (χ4n) is 1.93. The molecule has 0 unspecified atom stereocenters. The molecule has 2 rings (SSSR count). The molecule has 0 radical (unpaired) electrons. The summed E-state index contributed by atoms with van der Waals surface area (Å²) in [7, 11) is 0. The summed E-state index contributed by atoms with van der Waals surface area (Å²) in [4.78, 5) is 0. The van der Waals surface area contributed by atoms with Gasteiger partial charge in [0.1, 0.15) is 5.82 Å². The van der Waals surface area contributed by atoms with Crippen LogP contribution in [0.25, 0.3) is 0 Å². The SMILES string of the molecule is CC(C)c1cc(CC2(N)CC2)cc(Cl)c1F. The zero-order valence-electron chi connectivity index (χ0n) is 9.69. The number of halogens is 2. The molecule has 0 bridgehead atoms. The highest BCUT2D eigenvalue weighted by Crippen LogP contribution is 2.37. The summed E-state index contributed by atoms with van der Waals surface area (Å²) in [6.07, 6.45) is 2.91. The number of nitrogens with two attached hydrogens (primary N) is 1. The molecule has 0 aliphatic heterocycles. The van der Waals surface area contributed by atoms with Gasteiger partial charge in [0.25, 0.3) is 0 Å². The fourth-order valence-corrected chi connectivity index (χ4v) is 2.18. The van der Waals surface area contributed by atoms with Gasteiger partial charge in [0.15, 0.2) is 0 Å². The lowest BCUT2D eigenvalue weighted by Crippen LogP contribution is -2.24. The van der Waals surface area contributed by atoms with E-state index in [-0.39, 0.29) is 22.3 Å². The minimum absolute atomic E-state index is 0.0601. The summed E-state index contributed by atoms with van der Waals surface area (Å²) in [5.41, 5.74) is 7.73. The Hall–Kier alpha value is -0.600. The maximum atomic E-state index is 13.7. The first-order valence-electron chi connectivity index (χ1n) is 5.68. The van der Waals surface area contributed by atoms with Gasteiger partial charge in [-0.3, -0.25) is 0 Å². The van der Waals surface area contributed by atoms with Crippen molar-refractivity contribution in [3.05, 3.63) is 34.1 Å². The van der Waals surface area contributed by atoms with Gasteiger partial charge in [-0.05, 0) is 42.4 Å². The first-order chi connectivity index (χ1) is 7.41. The molecule has 16 heavy (non-hydrogen) atoms. The number of benzene rings is 1. The number of hydrogen-bond donors (Lipinski definition) is 1. The van der Waals surface area contributed by atoms with Gasteiger partial charge in [0, 0.05) is 5.54 Å². The number of rotatable bonds is 3. The van der Waals surface area contributed by atoms with Crippen molar-refractivity contribution in [2.24, 2.45) is 5.73 Å². The van der Waals surface area contributed by atoms with Crippen molar-refractivity contribution in [2.75, 3.05) is 0 Å². The van der Waals surface area contributed by atoms with Crippen molar-refractivity contribution in [1.82, 2.24) is 0 Å². The van der Waals surface area contributed by atoms with Gasteiger partial charge < -0.3 is 5.73 Å². The highest BCUT2D eigenvalue weighted by atomic mass is 35.5. The minimum atomic E-state index is -0.290. The molecule has 0 amide bonds. The topological polar surface area (TPSA) is 26.0 Å². The third-order valence-corrected chi connectivity index (χ3v) is 3.46. The summed E-state index contributed by atoms with van der Waals surface area (Å²) >= 11 is 5.90. The van der Waals surface area contributed by atoms with E-state index >= 15 is 0 Å². The molecule has 2 N–H and O–H groups in total. The molecule has 1 aromatic rings. The lowest BCUT2D eigenvalue weighted by atomic mass is 9.96. The molecule has 1 aliphatic rings. The maximum Gasteiger partial charge on any atom is 0.145 e. The lowest BCUT2D eigenvalue weighted by Gasteiger charge is -2.14. The third kappa shape index (κ3) is 2.38. The van der Waals surface area contributed by atoms with E-state index in [4.69, 9.17) is 17.3 Å². The van der Waals surface area contributed by atoms with E-state index in [0.717, 1.165) is 24.8 Å². The summed E-state index contributed by atoms with van der Waals surface area (Å²) in [5, 5.41) is 0.213. The molecule has 88 valence electrons. The molecule has 1 fully saturated rings. The Kier molecular flexibility index (Phi) is 2.97. The van der Waals surface area contributed by atoms with E-state index in [1.54, 1.807) is 6.07 Å². The Morgan fingerprint density at radius 1 is 1.44 bits per heavy atom. The van der Waals surface area contributed by atoms with Crippen LogP contribution in [0.5, 0.6) is 0 Å². The molecule has 1 aromatic carbocycles. The third-order valence-electron chi connectivity index (χ3n) is 3.19. The second-order valence-electron chi connectivity index (χ2n) is 5.17. The summed E-state index contributed by atoms with van der Waals surface area (Å²) in [6.45, 7) is 3.93. The summed E-state index contributed by atoms with van der Waals surface area (Å²) in [5.74, 6) is -0.146. The molecule has 0 aromatic heterocycles. The second kappa shape index (κ2) is 4.01. The van der Waals surface area contributed by atoms with Gasteiger partial charge in [-0.15, -0.1) is 0 Å². The monoisotopic (exact) mass is 241 g/mol. The number of hydrogen-bond acceptors (Lipinski definition) is 1. The van der Waals surface area contributed by atoms with Crippen LogP contribution in [-0.4, -0.2) is 5.54 Å². The van der Waals surface area contributed by atoms with E-state index < -0.39 is 0 Å². The quantitative estimate of drug-likeness (QED) is 0.859. The van der Waals surface area contributed by atoms with E-state index in [9.17, 15) is 4.39 Å². The van der Waals surface area contributed by atoms with Gasteiger partial charge in [-0.1, -0.05) is 31.5 Å². The Morgan fingerprint density at radius 2 is 2.06 bits per heavy atom. The zero-order chi connectivity index (χ0) is 11.9. The van der Waals surface area contributed by atoms with E-state index in [2.05, 4.69) is 0 Å². The average molecular weight is 242 g/mol. The van der Waals surface area contributed by atoms with Crippen LogP contribution in [-0.2, 0) is 6.42 Å². The van der Waals surface area contributed by atoms with Crippen molar-refractivity contribution in [2.45, 2.75) is 44.6 Å². The van der Waals surface area contributed by atoms with Crippen LogP contribution < -0.4 is 5.73 Å². The van der Waals surface area contributed by atoms with Gasteiger partial charge in [0.2, 0.25) is 0 Å². The Labute approximate surface area is 101 Å². The van der Waals surface area contributed by atoms with Crippen LogP contribution in [0.2, 0.25) is 5.02 Å². The van der Waals surface area contributed by atoms with E-state index in [1.807, 2.05) is 19.9 Å². The summed E-state index contributed by atoms with van der Waals surface area (Å²) < 4.78 is 13.7. The van der Waals surface area contributed by atoms with Crippen LogP contribution >= 0.6 is 11.6 Å². The highest BCUT2D eigenvalue weighted by molar-refractivity contribution is 6.30. The fraction of sp³-hybridized carbons (Fsp3) is 0.538. The van der Waals surface area contributed by atoms with E-state index in [1.165, 1.54) is 0 Å². The predicted molar refractivity (Wildman–Crippen MR) is 65.4 cm³/mol. The van der Waals surface area contributed by atoms with Crippen molar-refractivity contribution < 1.29 is 4.39 Å². The Bertz CT molecular complexity index is 411. The molecule has 0 saturated heterocycles. The molecule has 0 spiro atoms. The summed E-state index contributed by atoms with van der Waals surface area (Å²) in [6, 6.07) is 3.61. The second-order valence-corrected chi connectivity index (χ2v) is 5.58. The first kappa shape index (κ1) is 11.9. The average Bonchev–Trinajstić information content (AvgIpc) is 2.89. The van der Waals surface area contributed by atoms with Crippen molar-refractivity contribution >= 4 is 11.6 Å². The maximum absolute atomic E-state index is 13.7. The zero-order valence-corrected chi connectivity index (χ0v) is 10.4. The van der Waals surface area contributed by atoms with Crippen LogP contribution in [0.4, 0.5) is 4.39 Å². The van der Waals surface area contributed by atoms with Gasteiger partial charge in [-0.2, -0.15) is 0 Å². The van der Waals surface area contributed by atoms with Gasteiger partial charge >= 0.3 is 0 Å². The largest absolute Gasteiger partial charge is 0.325 e. The molecular weight excluding hydrogens is 225 g/mol. The first-order valence-corrected chi connectivity index (χ1v) is 6.06.